The molecule has 1 heterocycles. The summed E-state index contributed by atoms with van der Waals surface area (Å²) in [5, 5.41) is 9.64. The van der Waals surface area contributed by atoms with Crippen LogP contribution in [0, 0.1) is 6.92 Å². The van der Waals surface area contributed by atoms with Gasteiger partial charge in [-0.25, -0.2) is 0 Å². The number of anilines is 1. The fourth-order valence-electron chi connectivity index (χ4n) is 3.40. The van der Waals surface area contributed by atoms with Gasteiger partial charge >= 0.3 is 0 Å². The third kappa shape index (κ3) is 6.22. The van der Waals surface area contributed by atoms with E-state index in [4.69, 9.17) is 4.99 Å². The van der Waals surface area contributed by atoms with Crippen LogP contribution in [0.15, 0.2) is 53.5 Å². The summed E-state index contributed by atoms with van der Waals surface area (Å²) < 4.78 is 0. The first-order valence-corrected chi connectivity index (χ1v) is 9.62. The van der Waals surface area contributed by atoms with Crippen molar-refractivity contribution in [2.75, 3.05) is 25.0 Å². The van der Waals surface area contributed by atoms with Gasteiger partial charge in [-0.3, -0.25) is 9.79 Å². The number of nitrogens with one attached hydrogen (secondary N) is 3. The Kier molecular flexibility index (Phi) is 8.76. The highest BCUT2D eigenvalue weighted by Crippen LogP contribution is 2.31. The Balaban J connectivity index is 0.00000280. The van der Waals surface area contributed by atoms with Crippen LogP contribution in [-0.4, -0.2) is 31.5 Å². The molecule has 2 aromatic rings. The topological polar surface area (TPSA) is 65.5 Å². The maximum absolute atomic E-state index is 12.0. The number of carbonyl (C=O) groups excluding carboxylic acids is 1. The molecule has 0 bridgehead atoms. The number of halogens is 1. The van der Waals surface area contributed by atoms with E-state index in [1.807, 2.05) is 18.2 Å². The lowest BCUT2D eigenvalue weighted by Crippen LogP contribution is -2.38. The summed E-state index contributed by atoms with van der Waals surface area (Å²) >= 11 is 0. The smallest absolute Gasteiger partial charge is 0.225 e. The number of fused-ring (bicyclic) bond motifs is 1. The van der Waals surface area contributed by atoms with Gasteiger partial charge in [0, 0.05) is 31.1 Å². The van der Waals surface area contributed by atoms with Crippen molar-refractivity contribution in [3.63, 3.8) is 0 Å². The van der Waals surface area contributed by atoms with Crippen LogP contribution in [0.25, 0.3) is 0 Å². The molecule has 150 valence electrons. The van der Waals surface area contributed by atoms with Gasteiger partial charge < -0.3 is 16.0 Å². The van der Waals surface area contributed by atoms with E-state index in [1.165, 1.54) is 11.1 Å². The first kappa shape index (κ1) is 22.2. The van der Waals surface area contributed by atoms with Crippen LogP contribution >= 0.6 is 24.0 Å². The standard InChI is InChI=1S/C22H28N4O.HI/c1-3-23-22(24-12-11-17-8-6-7-16(2)13-17)25-15-18-14-21(27)26-20-10-5-4-9-19(18)20;/h4-10,13,18H,3,11-12,14-15H2,1-2H3,(H,26,27)(H2,23,24,25);1H. The molecule has 0 saturated heterocycles. The quantitative estimate of drug-likeness (QED) is 0.326. The number of benzene rings is 2. The van der Waals surface area contributed by atoms with E-state index in [0.717, 1.165) is 36.7 Å². The number of nitrogens with zero attached hydrogens (tertiary/aromatic N) is 1. The van der Waals surface area contributed by atoms with Crippen molar-refractivity contribution in [3.8, 4) is 0 Å². The molecule has 0 spiro atoms. The van der Waals surface area contributed by atoms with Crippen molar-refractivity contribution in [2.45, 2.75) is 32.6 Å². The minimum absolute atomic E-state index is 0. The first-order chi connectivity index (χ1) is 13.2. The highest BCUT2D eigenvalue weighted by atomic mass is 127. The van der Waals surface area contributed by atoms with Crippen molar-refractivity contribution in [3.05, 3.63) is 65.2 Å². The number of para-hydroxylation sites is 1. The summed E-state index contributed by atoms with van der Waals surface area (Å²) in [6.07, 6.45) is 1.42. The molecule has 3 rings (SSSR count). The minimum Gasteiger partial charge on any atom is -0.357 e. The number of aryl methyl sites for hydroxylation is 1. The Morgan fingerprint density at radius 1 is 1.18 bits per heavy atom. The Morgan fingerprint density at radius 3 is 2.79 bits per heavy atom. The van der Waals surface area contributed by atoms with Crippen LogP contribution in [0.5, 0.6) is 0 Å². The highest BCUT2D eigenvalue weighted by molar-refractivity contribution is 14.0. The van der Waals surface area contributed by atoms with Gasteiger partial charge in [-0.15, -0.1) is 24.0 Å². The molecule has 1 atom stereocenters. The van der Waals surface area contributed by atoms with E-state index in [2.05, 4.69) is 60.1 Å². The summed E-state index contributed by atoms with van der Waals surface area (Å²) in [7, 11) is 0. The molecule has 1 aliphatic rings. The third-order valence-electron chi connectivity index (χ3n) is 4.71. The second-order valence-corrected chi connectivity index (χ2v) is 6.92. The zero-order chi connectivity index (χ0) is 19.1. The van der Waals surface area contributed by atoms with Crippen molar-refractivity contribution >= 4 is 41.5 Å². The number of amides is 1. The van der Waals surface area contributed by atoms with Crippen molar-refractivity contribution < 1.29 is 4.79 Å². The maximum atomic E-state index is 12.0. The third-order valence-corrected chi connectivity index (χ3v) is 4.71. The summed E-state index contributed by atoms with van der Waals surface area (Å²) in [4.78, 5) is 16.7. The molecular weight excluding hydrogens is 463 g/mol. The summed E-state index contributed by atoms with van der Waals surface area (Å²) in [6.45, 7) is 6.38. The lowest BCUT2D eigenvalue weighted by Gasteiger charge is -2.24. The van der Waals surface area contributed by atoms with Crippen LogP contribution in [0.2, 0.25) is 0 Å². The number of rotatable bonds is 6. The van der Waals surface area contributed by atoms with E-state index in [-0.39, 0.29) is 35.8 Å². The molecule has 0 aliphatic carbocycles. The van der Waals surface area contributed by atoms with Gasteiger partial charge in [0.2, 0.25) is 5.91 Å². The lowest BCUT2D eigenvalue weighted by atomic mass is 9.91. The van der Waals surface area contributed by atoms with E-state index >= 15 is 0 Å². The van der Waals surface area contributed by atoms with Crippen LogP contribution < -0.4 is 16.0 Å². The lowest BCUT2D eigenvalue weighted by molar-refractivity contribution is -0.116. The second kappa shape index (κ2) is 11.0. The number of carbonyl (C=O) groups is 1. The van der Waals surface area contributed by atoms with Gasteiger partial charge in [-0.05, 0) is 37.5 Å². The predicted molar refractivity (Wildman–Crippen MR) is 127 cm³/mol. The van der Waals surface area contributed by atoms with Gasteiger partial charge in [0.15, 0.2) is 5.96 Å². The zero-order valence-corrected chi connectivity index (χ0v) is 18.8. The molecule has 0 radical (unpaired) electrons. The molecule has 3 N–H and O–H groups in total. The number of guanidine groups is 1. The van der Waals surface area contributed by atoms with Gasteiger partial charge in [0.25, 0.3) is 0 Å². The molecule has 0 fully saturated rings. The monoisotopic (exact) mass is 492 g/mol. The number of hydrogen-bond acceptors (Lipinski definition) is 2. The molecule has 28 heavy (non-hydrogen) atoms. The maximum Gasteiger partial charge on any atom is 0.225 e. The Hall–Kier alpha value is -2.09. The Morgan fingerprint density at radius 2 is 2.00 bits per heavy atom. The summed E-state index contributed by atoms with van der Waals surface area (Å²) in [6, 6.07) is 16.6. The molecule has 5 nitrogen and oxygen atoms in total. The SMILES string of the molecule is CCNC(=NCC1CC(=O)Nc2ccccc21)NCCc1cccc(C)c1.I. The van der Waals surface area contributed by atoms with Crippen LogP contribution in [0.3, 0.4) is 0 Å². The molecular formula is C22H29IN4O. The average Bonchev–Trinajstić information content (AvgIpc) is 2.66. The normalized spacial score (nSPS) is 15.9. The largest absolute Gasteiger partial charge is 0.357 e. The van der Waals surface area contributed by atoms with E-state index in [0.29, 0.717) is 13.0 Å². The van der Waals surface area contributed by atoms with Crippen molar-refractivity contribution in [1.82, 2.24) is 10.6 Å². The molecule has 1 unspecified atom stereocenters. The van der Waals surface area contributed by atoms with Crippen LogP contribution in [-0.2, 0) is 11.2 Å². The average molecular weight is 492 g/mol. The fraction of sp³-hybridized carbons (Fsp3) is 0.364. The van der Waals surface area contributed by atoms with E-state index in [1.54, 1.807) is 0 Å². The van der Waals surface area contributed by atoms with Gasteiger partial charge in [-0.2, -0.15) is 0 Å². The molecule has 1 amide bonds. The molecule has 1 aliphatic heterocycles. The van der Waals surface area contributed by atoms with Crippen molar-refractivity contribution in [1.29, 1.82) is 0 Å². The van der Waals surface area contributed by atoms with Crippen molar-refractivity contribution in [2.24, 2.45) is 4.99 Å². The molecule has 0 aromatic heterocycles. The summed E-state index contributed by atoms with van der Waals surface area (Å²) in [5.41, 5.74) is 4.67. The van der Waals surface area contributed by atoms with Gasteiger partial charge in [0.05, 0.1) is 6.54 Å². The minimum atomic E-state index is 0. The molecule has 0 saturated carbocycles. The van der Waals surface area contributed by atoms with E-state index in [9.17, 15) is 4.79 Å². The fourth-order valence-corrected chi connectivity index (χ4v) is 3.40. The summed E-state index contributed by atoms with van der Waals surface area (Å²) in [5.74, 6) is 0.974. The van der Waals surface area contributed by atoms with Gasteiger partial charge in [0.1, 0.15) is 0 Å². The number of aliphatic imine (C=N–C) groups is 1. The van der Waals surface area contributed by atoms with Crippen LogP contribution in [0.1, 0.15) is 36.0 Å². The first-order valence-electron chi connectivity index (χ1n) is 9.62. The molecule has 6 heteroatoms. The Bertz CT molecular complexity index is 822. The zero-order valence-electron chi connectivity index (χ0n) is 16.5. The second-order valence-electron chi connectivity index (χ2n) is 6.92. The molecule has 2 aromatic carbocycles. The van der Waals surface area contributed by atoms with Crippen LogP contribution in [0.4, 0.5) is 5.69 Å². The predicted octanol–water partition coefficient (Wildman–Crippen LogP) is 3.84. The number of hydrogen-bond donors (Lipinski definition) is 3. The highest BCUT2D eigenvalue weighted by Gasteiger charge is 2.24. The van der Waals surface area contributed by atoms with E-state index < -0.39 is 0 Å². The Labute approximate surface area is 184 Å². The van der Waals surface area contributed by atoms with Gasteiger partial charge in [-0.1, -0.05) is 48.0 Å².